The molecule has 2 N–H and O–H groups in total. The molecule has 1 aromatic rings. The normalized spacial score (nSPS) is 11.0. The molecule has 0 saturated heterocycles. The third kappa shape index (κ3) is 8.96. The Hall–Kier alpha value is -2.09. The number of rotatable bonds is 10. The van der Waals surface area contributed by atoms with Crippen LogP contribution in [0.25, 0.3) is 0 Å². The Morgan fingerprint density at radius 1 is 1.14 bits per heavy atom. The van der Waals surface area contributed by atoms with E-state index in [-0.39, 0.29) is 0 Å². The van der Waals surface area contributed by atoms with Gasteiger partial charge >= 0.3 is 0 Å². The Balaban J connectivity index is 2.17. The molecule has 1 rings (SSSR count). The highest BCUT2D eigenvalue weighted by Crippen LogP contribution is 2.08. The first-order chi connectivity index (χ1) is 10.9. The van der Waals surface area contributed by atoms with E-state index in [1.165, 1.54) is 44.9 Å². The Labute approximate surface area is 133 Å². The van der Waals surface area contributed by atoms with Crippen molar-refractivity contribution in [1.82, 2.24) is 15.6 Å². The standard InChI is InChI=1S/C17H27N5/c1-2-3-4-5-6-7-8-10-14-20-17(21-15-18)22-16-12-9-11-13-19-16/h9,11-13H,2-8,10,14H2,1H3,(H2,19,20,21,22). The highest BCUT2D eigenvalue weighted by atomic mass is 15.2. The van der Waals surface area contributed by atoms with E-state index in [9.17, 15) is 0 Å². The second-order valence-electron chi connectivity index (χ2n) is 5.29. The fourth-order valence-electron chi connectivity index (χ4n) is 2.16. The number of guanidine groups is 1. The third-order valence-corrected chi connectivity index (χ3v) is 3.37. The van der Waals surface area contributed by atoms with Crippen molar-refractivity contribution in [2.75, 3.05) is 6.54 Å². The van der Waals surface area contributed by atoms with Crippen molar-refractivity contribution in [3.63, 3.8) is 0 Å². The fourth-order valence-corrected chi connectivity index (χ4v) is 2.16. The molecule has 120 valence electrons. The van der Waals surface area contributed by atoms with Crippen LogP contribution < -0.4 is 10.6 Å². The summed E-state index contributed by atoms with van der Waals surface area (Å²) in [5.41, 5.74) is 0. The van der Waals surface area contributed by atoms with Crippen molar-refractivity contribution in [2.45, 2.75) is 58.3 Å². The maximum atomic E-state index is 8.76. The van der Waals surface area contributed by atoms with Crippen LogP contribution in [0.4, 0.5) is 5.82 Å². The number of pyridine rings is 1. The van der Waals surface area contributed by atoms with E-state index in [1.807, 2.05) is 18.3 Å². The van der Waals surface area contributed by atoms with E-state index in [0.29, 0.717) is 11.8 Å². The van der Waals surface area contributed by atoms with Gasteiger partial charge in [-0.25, -0.2) is 4.98 Å². The summed E-state index contributed by atoms with van der Waals surface area (Å²) in [7, 11) is 0. The van der Waals surface area contributed by atoms with E-state index in [1.54, 1.807) is 12.3 Å². The van der Waals surface area contributed by atoms with Crippen molar-refractivity contribution in [3.8, 4) is 6.19 Å². The minimum absolute atomic E-state index is 0.462. The first-order valence-electron chi connectivity index (χ1n) is 8.25. The van der Waals surface area contributed by atoms with Crippen LogP contribution >= 0.6 is 0 Å². The number of hydrogen-bond donors (Lipinski definition) is 2. The summed E-state index contributed by atoms with van der Waals surface area (Å²) in [5, 5.41) is 14.5. The molecule has 0 unspecified atom stereocenters. The first-order valence-corrected chi connectivity index (χ1v) is 8.25. The molecule has 22 heavy (non-hydrogen) atoms. The number of hydrogen-bond acceptors (Lipinski definition) is 3. The fraction of sp³-hybridized carbons (Fsp3) is 0.588. The van der Waals surface area contributed by atoms with Gasteiger partial charge in [-0.05, 0) is 18.6 Å². The number of aliphatic imine (C=N–C) groups is 1. The van der Waals surface area contributed by atoms with Crippen LogP contribution in [0, 0.1) is 11.5 Å². The molecular formula is C17H27N5. The second kappa shape index (κ2) is 12.6. The van der Waals surface area contributed by atoms with Gasteiger partial charge in [0.15, 0.2) is 12.0 Å². The van der Waals surface area contributed by atoms with Gasteiger partial charge in [-0.1, -0.05) is 57.9 Å². The van der Waals surface area contributed by atoms with Crippen LogP contribution in [0.2, 0.25) is 0 Å². The molecular weight excluding hydrogens is 274 g/mol. The second-order valence-corrected chi connectivity index (χ2v) is 5.29. The zero-order chi connectivity index (χ0) is 15.9. The van der Waals surface area contributed by atoms with Gasteiger partial charge in [-0.3, -0.25) is 5.32 Å². The van der Waals surface area contributed by atoms with Crippen molar-refractivity contribution < 1.29 is 0 Å². The molecule has 0 amide bonds. The average Bonchev–Trinajstić information content (AvgIpc) is 2.54. The Morgan fingerprint density at radius 3 is 2.50 bits per heavy atom. The molecule has 0 aliphatic heterocycles. The molecule has 0 aliphatic carbocycles. The topological polar surface area (TPSA) is 73.1 Å². The van der Waals surface area contributed by atoms with Crippen LogP contribution in [-0.2, 0) is 0 Å². The minimum atomic E-state index is 0.462. The van der Waals surface area contributed by atoms with Gasteiger partial charge in [0.2, 0.25) is 5.96 Å². The lowest BCUT2D eigenvalue weighted by Crippen LogP contribution is -2.34. The SMILES string of the molecule is CCCCCCCCCCN/C(=N/c1ccccn1)NC#N. The average molecular weight is 301 g/mol. The highest BCUT2D eigenvalue weighted by molar-refractivity contribution is 5.83. The number of nitriles is 1. The predicted octanol–water partition coefficient (Wildman–Crippen LogP) is 3.87. The largest absolute Gasteiger partial charge is 0.355 e. The summed E-state index contributed by atoms with van der Waals surface area (Å²) in [4.78, 5) is 8.39. The Bertz CT molecular complexity index is 450. The van der Waals surface area contributed by atoms with Gasteiger partial charge in [0.1, 0.15) is 0 Å². The van der Waals surface area contributed by atoms with Crippen LogP contribution in [0.1, 0.15) is 58.3 Å². The minimum Gasteiger partial charge on any atom is -0.355 e. The zero-order valence-corrected chi connectivity index (χ0v) is 13.5. The van der Waals surface area contributed by atoms with Gasteiger partial charge in [0, 0.05) is 12.7 Å². The molecule has 5 nitrogen and oxygen atoms in total. The summed E-state index contributed by atoms with van der Waals surface area (Å²) in [6.45, 7) is 3.06. The quantitative estimate of drug-likeness (QED) is 0.226. The van der Waals surface area contributed by atoms with Crippen molar-refractivity contribution in [3.05, 3.63) is 24.4 Å². The molecule has 0 fully saturated rings. The zero-order valence-electron chi connectivity index (χ0n) is 13.5. The molecule has 0 spiro atoms. The van der Waals surface area contributed by atoms with Gasteiger partial charge in [0.25, 0.3) is 0 Å². The summed E-state index contributed by atoms with van der Waals surface area (Å²) < 4.78 is 0. The van der Waals surface area contributed by atoms with E-state index >= 15 is 0 Å². The third-order valence-electron chi connectivity index (χ3n) is 3.37. The molecule has 0 radical (unpaired) electrons. The maximum absolute atomic E-state index is 8.76. The van der Waals surface area contributed by atoms with Crippen LogP contribution in [0.3, 0.4) is 0 Å². The summed E-state index contributed by atoms with van der Waals surface area (Å²) >= 11 is 0. The smallest absolute Gasteiger partial charge is 0.211 e. The van der Waals surface area contributed by atoms with Crippen molar-refractivity contribution in [1.29, 1.82) is 5.26 Å². The summed E-state index contributed by atoms with van der Waals surface area (Å²) in [5.74, 6) is 1.05. The van der Waals surface area contributed by atoms with Gasteiger partial charge in [0.05, 0.1) is 0 Å². The number of unbranched alkanes of at least 4 members (excludes halogenated alkanes) is 7. The molecule has 1 aromatic heterocycles. The molecule has 5 heteroatoms. The van der Waals surface area contributed by atoms with Gasteiger partial charge < -0.3 is 5.32 Å². The van der Waals surface area contributed by atoms with Gasteiger partial charge in [-0.15, -0.1) is 0 Å². The Morgan fingerprint density at radius 2 is 1.86 bits per heavy atom. The lowest BCUT2D eigenvalue weighted by Gasteiger charge is -2.07. The molecule has 0 aliphatic rings. The molecule has 0 atom stereocenters. The predicted molar refractivity (Wildman–Crippen MR) is 90.7 cm³/mol. The maximum Gasteiger partial charge on any atom is 0.211 e. The summed E-state index contributed by atoms with van der Waals surface area (Å²) in [6, 6.07) is 5.51. The van der Waals surface area contributed by atoms with Crippen LogP contribution in [0.15, 0.2) is 29.4 Å². The van der Waals surface area contributed by atoms with Crippen molar-refractivity contribution >= 4 is 11.8 Å². The Kier molecular flexibility index (Phi) is 10.3. The molecule has 0 saturated carbocycles. The first kappa shape index (κ1) is 18.0. The highest BCUT2D eigenvalue weighted by Gasteiger charge is 1.98. The number of nitrogens with zero attached hydrogens (tertiary/aromatic N) is 3. The van der Waals surface area contributed by atoms with Gasteiger partial charge in [-0.2, -0.15) is 10.3 Å². The van der Waals surface area contributed by atoms with Crippen LogP contribution in [0.5, 0.6) is 0 Å². The number of aromatic nitrogens is 1. The number of nitrogens with one attached hydrogen (secondary N) is 2. The molecule has 0 bridgehead atoms. The van der Waals surface area contributed by atoms with E-state index in [0.717, 1.165) is 13.0 Å². The molecule has 1 heterocycles. The lowest BCUT2D eigenvalue weighted by molar-refractivity contribution is 0.572. The summed E-state index contributed by atoms with van der Waals surface area (Å²) in [6.07, 6.45) is 13.9. The van der Waals surface area contributed by atoms with E-state index in [4.69, 9.17) is 5.26 Å². The van der Waals surface area contributed by atoms with E-state index < -0.39 is 0 Å². The monoisotopic (exact) mass is 301 g/mol. The van der Waals surface area contributed by atoms with Crippen LogP contribution in [-0.4, -0.2) is 17.5 Å². The lowest BCUT2D eigenvalue weighted by atomic mass is 10.1. The van der Waals surface area contributed by atoms with E-state index in [2.05, 4.69) is 27.5 Å². The van der Waals surface area contributed by atoms with Crippen molar-refractivity contribution in [2.24, 2.45) is 4.99 Å². The molecule has 0 aromatic carbocycles.